The molecular weight excluding hydrogens is 325 g/mol. The van der Waals surface area contributed by atoms with Gasteiger partial charge in [-0.25, -0.2) is 4.57 Å². The first kappa shape index (κ1) is 13.1. The van der Waals surface area contributed by atoms with Gasteiger partial charge in [-0.3, -0.25) is 4.52 Å². The normalized spacial score (nSPS) is 24.0. The van der Waals surface area contributed by atoms with E-state index >= 15 is 0 Å². The van der Waals surface area contributed by atoms with Crippen LogP contribution in [0.15, 0.2) is 33.9 Å². The van der Waals surface area contributed by atoms with Crippen molar-refractivity contribution in [2.45, 2.75) is 6.92 Å². The SMILES string of the molecule is CCOP1(=O)CSC(c2ccccc2Br)=NO1. The summed E-state index contributed by atoms with van der Waals surface area (Å²) in [6.45, 7) is 2.14. The van der Waals surface area contributed by atoms with Crippen LogP contribution in [0, 0.1) is 0 Å². The van der Waals surface area contributed by atoms with Gasteiger partial charge in [-0.15, -0.1) is 0 Å². The van der Waals surface area contributed by atoms with Crippen LogP contribution >= 0.6 is 35.3 Å². The maximum atomic E-state index is 11.9. The topological polar surface area (TPSA) is 47.9 Å². The van der Waals surface area contributed by atoms with Gasteiger partial charge in [0.05, 0.1) is 6.61 Å². The first-order chi connectivity index (χ1) is 8.14. The van der Waals surface area contributed by atoms with Gasteiger partial charge in [-0.1, -0.05) is 51.0 Å². The fourth-order valence-corrected chi connectivity index (χ4v) is 4.65. The van der Waals surface area contributed by atoms with Crippen LogP contribution in [-0.4, -0.2) is 17.1 Å². The highest BCUT2D eigenvalue weighted by molar-refractivity contribution is 9.10. The summed E-state index contributed by atoms with van der Waals surface area (Å²) in [5.41, 5.74) is 1.22. The molecule has 0 bridgehead atoms. The standard InChI is InChI=1S/C10H11BrNO3PS/c1-2-14-16(13)7-17-10(12-15-16)8-5-3-4-6-9(8)11/h3-6H,2,7H2,1H3. The Morgan fingerprint density at radius 3 is 2.94 bits per heavy atom. The molecule has 0 spiro atoms. The quantitative estimate of drug-likeness (QED) is 0.781. The molecule has 1 unspecified atom stereocenters. The molecular formula is C10H11BrNO3PS. The summed E-state index contributed by atoms with van der Waals surface area (Å²) in [5, 5.41) is 4.61. The fourth-order valence-electron chi connectivity index (χ4n) is 1.31. The van der Waals surface area contributed by atoms with Crippen molar-refractivity contribution in [2.75, 3.05) is 12.1 Å². The largest absolute Gasteiger partial charge is 0.410 e. The Morgan fingerprint density at radius 1 is 1.59 bits per heavy atom. The van der Waals surface area contributed by atoms with Crippen molar-refractivity contribution in [3.63, 3.8) is 0 Å². The average molecular weight is 336 g/mol. The molecule has 7 heteroatoms. The van der Waals surface area contributed by atoms with Gasteiger partial charge in [0.2, 0.25) is 0 Å². The van der Waals surface area contributed by atoms with Crippen molar-refractivity contribution < 1.29 is 13.7 Å². The molecule has 17 heavy (non-hydrogen) atoms. The number of oxime groups is 1. The summed E-state index contributed by atoms with van der Waals surface area (Å²) in [6, 6.07) is 7.69. The molecule has 1 aromatic carbocycles. The van der Waals surface area contributed by atoms with E-state index in [9.17, 15) is 4.57 Å². The van der Waals surface area contributed by atoms with Crippen LogP contribution in [0.3, 0.4) is 0 Å². The van der Waals surface area contributed by atoms with Crippen LogP contribution in [0.1, 0.15) is 12.5 Å². The minimum Gasteiger partial charge on any atom is -0.312 e. The smallest absolute Gasteiger partial charge is 0.312 e. The van der Waals surface area contributed by atoms with Gasteiger partial charge in [0, 0.05) is 10.0 Å². The molecule has 0 N–H and O–H groups in total. The molecule has 0 saturated carbocycles. The molecule has 1 aromatic rings. The molecule has 92 valence electrons. The third kappa shape index (κ3) is 3.13. The van der Waals surface area contributed by atoms with Gasteiger partial charge in [0.25, 0.3) is 0 Å². The number of thioether (sulfide) groups is 1. The second-order valence-electron chi connectivity index (χ2n) is 3.26. The number of nitrogens with zero attached hydrogens (tertiary/aromatic N) is 1. The van der Waals surface area contributed by atoms with E-state index in [-0.39, 0.29) is 0 Å². The number of rotatable bonds is 3. The predicted molar refractivity (Wildman–Crippen MR) is 73.5 cm³/mol. The molecule has 0 radical (unpaired) electrons. The van der Waals surface area contributed by atoms with Crippen molar-refractivity contribution in [1.29, 1.82) is 0 Å². The van der Waals surface area contributed by atoms with E-state index in [1.807, 2.05) is 24.3 Å². The van der Waals surface area contributed by atoms with E-state index in [2.05, 4.69) is 21.1 Å². The molecule has 1 heterocycles. The number of hydrogen-bond donors (Lipinski definition) is 0. The fraction of sp³-hybridized carbons (Fsp3) is 0.300. The Balaban J connectivity index is 2.19. The minimum absolute atomic E-state index is 0.293. The van der Waals surface area contributed by atoms with Gasteiger partial charge in [-0.2, -0.15) is 0 Å². The van der Waals surface area contributed by atoms with E-state index in [1.54, 1.807) is 6.92 Å². The summed E-state index contributed by atoms with van der Waals surface area (Å²) in [5.74, 6) is 0. The van der Waals surface area contributed by atoms with E-state index in [0.717, 1.165) is 10.0 Å². The van der Waals surface area contributed by atoms with Crippen molar-refractivity contribution in [3.8, 4) is 0 Å². The van der Waals surface area contributed by atoms with Gasteiger partial charge in [0.15, 0.2) is 0 Å². The molecule has 0 aromatic heterocycles. The third-order valence-electron chi connectivity index (χ3n) is 2.04. The Kier molecular flexibility index (Phi) is 4.31. The summed E-state index contributed by atoms with van der Waals surface area (Å²) in [7, 11) is -3.03. The summed E-state index contributed by atoms with van der Waals surface area (Å²) in [4.78, 5) is 0. The Hall–Kier alpha value is -0.290. The monoisotopic (exact) mass is 335 g/mol. The maximum Gasteiger partial charge on any atom is 0.410 e. The number of hydrogen-bond acceptors (Lipinski definition) is 5. The molecule has 1 atom stereocenters. The van der Waals surface area contributed by atoms with Crippen LogP contribution < -0.4 is 0 Å². The third-order valence-corrected chi connectivity index (χ3v) is 6.06. The number of benzene rings is 1. The van der Waals surface area contributed by atoms with E-state index in [1.165, 1.54) is 11.8 Å². The highest BCUT2D eigenvalue weighted by atomic mass is 79.9. The lowest BCUT2D eigenvalue weighted by atomic mass is 10.2. The summed E-state index contributed by atoms with van der Waals surface area (Å²) >= 11 is 4.83. The van der Waals surface area contributed by atoms with Crippen LogP contribution in [0.2, 0.25) is 0 Å². The summed E-state index contributed by atoms with van der Waals surface area (Å²) in [6.07, 6.45) is 0. The average Bonchev–Trinajstić information content (AvgIpc) is 2.31. The lowest BCUT2D eigenvalue weighted by molar-refractivity contribution is 0.222. The molecule has 4 nitrogen and oxygen atoms in total. The molecule has 1 aliphatic rings. The molecule has 2 rings (SSSR count). The molecule has 0 amide bonds. The van der Waals surface area contributed by atoms with Crippen LogP contribution in [-0.2, 0) is 13.7 Å². The second kappa shape index (κ2) is 5.57. The van der Waals surface area contributed by atoms with E-state index in [4.69, 9.17) is 9.15 Å². The lowest BCUT2D eigenvalue weighted by Gasteiger charge is -2.20. The Morgan fingerprint density at radius 2 is 2.35 bits per heavy atom. The van der Waals surface area contributed by atoms with Gasteiger partial charge >= 0.3 is 7.60 Å². The van der Waals surface area contributed by atoms with E-state index in [0.29, 0.717) is 17.1 Å². The molecule has 0 aliphatic carbocycles. The highest BCUT2D eigenvalue weighted by Crippen LogP contribution is 2.54. The van der Waals surface area contributed by atoms with Gasteiger partial charge in [0.1, 0.15) is 10.5 Å². The lowest BCUT2D eigenvalue weighted by Crippen LogP contribution is -2.07. The zero-order valence-electron chi connectivity index (χ0n) is 9.13. The van der Waals surface area contributed by atoms with Crippen LogP contribution in [0.25, 0.3) is 0 Å². The Labute approximate surface area is 112 Å². The van der Waals surface area contributed by atoms with Crippen LogP contribution in [0.4, 0.5) is 0 Å². The van der Waals surface area contributed by atoms with Crippen molar-refractivity contribution in [3.05, 3.63) is 34.3 Å². The molecule has 0 saturated heterocycles. The van der Waals surface area contributed by atoms with Crippen molar-refractivity contribution in [2.24, 2.45) is 5.16 Å². The second-order valence-corrected chi connectivity index (χ2v) is 7.47. The summed E-state index contributed by atoms with van der Waals surface area (Å²) < 4.78 is 22.9. The maximum absolute atomic E-state index is 11.9. The van der Waals surface area contributed by atoms with Crippen molar-refractivity contribution >= 4 is 40.3 Å². The zero-order valence-corrected chi connectivity index (χ0v) is 12.4. The minimum atomic E-state index is -3.03. The number of halogens is 1. The van der Waals surface area contributed by atoms with Gasteiger partial charge in [-0.05, 0) is 13.0 Å². The van der Waals surface area contributed by atoms with E-state index < -0.39 is 7.60 Å². The predicted octanol–water partition coefficient (Wildman–Crippen LogP) is 4.06. The first-order valence-corrected chi connectivity index (χ1v) is 8.53. The van der Waals surface area contributed by atoms with Crippen LogP contribution in [0.5, 0.6) is 0 Å². The Bertz CT molecular complexity index is 494. The highest BCUT2D eigenvalue weighted by Gasteiger charge is 2.31. The van der Waals surface area contributed by atoms with Gasteiger partial charge < -0.3 is 4.62 Å². The molecule has 0 fully saturated rings. The zero-order chi connectivity index (χ0) is 12.3. The van der Waals surface area contributed by atoms with Crippen molar-refractivity contribution in [1.82, 2.24) is 0 Å². The molecule has 1 aliphatic heterocycles. The first-order valence-electron chi connectivity index (χ1n) is 5.03.